The van der Waals surface area contributed by atoms with Crippen molar-refractivity contribution in [2.24, 2.45) is 0 Å². The Hall–Kier alpha value is -3.06. The summed E-state index contributed by atoms with van der Waals surface area (Å²) < 4.78 is 24.6. The number of carbonyl (C=O) groups is 2. The molecule has 1 aromatic carbocycles. The van der Waals surface area contributed by atoms with Crippen molar-refractivity contribution in [2.75, 3.05) is 4.90 Å². The van der Waals surface area contributed by atoms with Crippen molar-refractivity contribution < 1.29 is 22.8 Å². The Morgan fingerprint density at radius 3 is 2.47 bits per heavy atom. The third-order valence-corrected chi connectivity index (χ3v) is 5.44. The molecule has 1 N–H and O–H groups in total. The van der Waals surface area contributed by atoms with Crippen LogP contribution in [0.15, 0.2) is 63.8 Å². The van der Waals surface area contributed by atoms with Crippen LogP contribution in [-0.4, -0.2) is 17.9 Å². The predicted octanol–water partition coefficient (Wildman–Crippen LogP) is 5.11. The van der Waals surface area contributed by atoms with Gasteiger partial charge in [-0.2, -0.15) is 0 Å². The molecule has 1 aliphatic rings. The highest BCUT2D eigenvalue weighted by atomic mass is 35.5. The van der Waals surface area contributed by atoms with Crippen LogP contribution in [-0.2, 0) is 4.79 Å². The molecule has 1 saturated carbocycles. The van der Waals surface area contributed by atoms with Gasteiger partial charge >= 0.3 is 0 Å². The van der Waals surface area contributed by atoms with Gasteiger partial charge in [-0.05, 0) is 55.3 Å². The SMILES string of the molecule is O=C(NC1CCCC1)C(c1ccco1)N(C(=O)c1ccco1)c1ccc(F)c(Cl)c1. The van der Waals surface area contributed by atoms with Crippen LogP contribution in [0.4, 0.5) is 10.1 Å². The molecule has 6 nitrogen and oxygen atoms in total. The summed E-state index contributed by atoms with van der Waals surface area (Å²) in [6, 6.07) is 9.07. The first-order valence-corrected chi connectivity index (χ1v) is 10.1. The van der Waals surface area contributed by atoms with Crippen LogP contribution in [0.2, 0.25) is 5.02 Å². The standard InChI is InChI=1S/C22H20ClFN2O4/c23-16-13-15(9-10-17(16)24)26(22(28)19-8-4-12-30-19)20(18-7-3-11-29-18)21(27)25-14-5-1-2-6-14/h3-4,7-14,20H,1-2,5-6H2,(H,25,27). The van der Waals surface area contributed by atoms with Crippen LogP contribution < -0.4 is 10.2 Å². The third kappa shape index (κ3) is 4.11. The van der Waals surface area contributed by atoms with E-state index in [-0.39, 0.29) is 28.3 Å². The summed E-state index contributed by atoms with van der Waals surface area (Å²) in [7, 11) is 0. The molecule has 1 fully saturated rings. The quantitative estimate of drug-likeness (QED) is 0.589. The van der Waals surface area contributed by atoms with Crippen LogP contribution in [0.5, 0.6) is 0 Å². The van der Waals surface area contributed by atoms with Crippen molar-refractivity contribution in [1.29, 1.82) is 0 Å². The summed E-state index contributed by atoms with van der Waals surface area (Å²) in [5, 5.41) is 2.85. The van der Waals surface area contributed by atoms with Crippen LogP contribution >= 0.6 is 11.6 Å². The fraction of sp³-hybridized carbons (Fsp3) is 0.273. The van der Waals surface area contributed by atoms with Gasteiger partial charge in [-0.3, -0.25) is 14.5 Å². The highest BCUT2D eigenvalue weighted by molar-refractivity contribution is 6.31. The number of hydrogen-bond acceptors (Lipinski definition) is 4. The molecule has 1 aliphatic carbocycles. The van der Waals surface area contributed by atoms with Crippen molar-refractivity contribution in [2.45, 2.75) is 37.8 Å². The zero-order valence-corrected chi connectivity index (χ0v) is 16.8. The van der Waals surface area contributed by atoms with Crippen molar-refractivity contribution in [1.82, 2.24) is 5.32 Å². The molecule has 0 aliphatic heterocycles. The van der Waals surface area contributed by atoms with Crippen molar-refractivity contribution in [3.05, 3.63) is 77.4 Å². The number of amides is 2. The Labute approximate surface area is 177 Å². The zero-order valence-electron chi connectivity index (χ0n) is 16.0. The lowest BCUT2D eigenvalue weighted by atomic mass is 10.1. The second-order valence-corrected chi connectivity index (χ2v) is 7.57. The second kappa shape index (κ2) is 8.75. The van der Waals surface area contributed by atoms with Crippen LogP contribution in [0.3, 0.4) is 0 Å². The first kappa shape index (κ1) is 20.2. The van der Waals surface area contributed by atoms with E-state index in [1.165, 1.54) is 35.6 Å². The van der Waals surface area contributed by atoms with E-state index in [0.717, 1.165) is 31.7 Å². The fourth-order valence-electron chi connectivity index (χ4n) is 3.71. The molecule has 0 saturated heterocycles. The number of rotatable bonds is 6. The molecule has 2 aromatic heterocycles. The lowest BCUT2D eigenvalue weighted by Crippen LogP contribution is -2.46. The van der Waals surface area contributed by atoms with Crippen molar-refractivity contribution in [3.8, 4) is 0 Å². The summed E-state index contributed by atoms with van der Waals surface area (Å²) in [4.78, 5) is 27.9. The minimum atomic E-state index is -1.13. The van der Waals surface area contributed by atoms with Crippen LogP contribution in [0, 0.1) is 5.82 Å². The predicted molar refractivity (Wildman–Crippen MR) is 109 cm³/mol. The van der Waals surface area contributed by atoms with Gasteiger partial charge in [-0.25, -0.2) is 4.39 Å². The largest absolute Gasteiger partial charge is 0.467 e. The average molecular weight is 431 g/mol. The Morgan fingerprint density at radius 1 is 1.10 bits per heavy atom. The van der Waals surface area contributed by atoms with Gasteiger partial charge in [-0.15, -0.1) is 0 Å². The molecule has 1 atom stereocenters. The smallest absolute Gasteiger partial charge is 0.295 e. The number of carbonyl (C=O) groups excluding carboxylic acids is 2. The number of nitrogens with one attached hydrogen (secondary N) is 1. The highest BCUT2D eigenvalue weighted by Gasteiger charge is 2.37. The average Bonchev–Trinajstić information content (AvgIpc) is 3.50. The Kier molecular flexibility index (Phi) is 5.90. The van der Waals surface area contributed by atoms with Gasteiger partial charge in [0, 0.05) is 11.7 Å². The van der Waals surface area contributed by atoms with Gasteiger partial charge in [0.05, 0.1) is 17.5 Å². The van der Waals surface area contributed by atoms with E-state index < -0.39 is 23.7 Å². The van der Waals surface area contributed by atoms with Crippen LogP contribution in [0.1, 0.15) is 48.0 Å². The van der Waals surface area contributed by atoms with E-state index in [1.807, 2.05) is 0 Å². The molecule has 4 rings (SSSR count). The highest BCUT2D eigenvalue weighted by Crippen LogP contribution is 2.33. The number of anilines is 1. The summed E-state index contributed by atoms with van der Waals surface area (Å²) in [6.45, 7) is 0. The summed E-state index contributed by atoms with van der Waals surface area (Å²) in [5.74, 6) is -1.30. The maximum Gasteiger partial charge on any atom is 0.295 e. The van der Waals surface area contributed by atoms with Gasteiger partial charge in [0.1, 0.15) is 11.6 Å². The lowest BCUT2D eigenvalue weighted by molar-refractivity contribution is -0.123. The first-order chi connectivity index (χ1) is 14.5. The molecule has 1 unspecified atom stereocenters. The van der Waals surface area contributed by atoms with E-state index in [0.29, 0.717) is 0 Å². The van der Waals surface area contributed by atoms with Crippen molar-refractivity contribution in [3.63, 3.8) is 0 Å². The van der Waals surface area contributed by atoms with Gasteiger partial charge in [0.2, 0.25) is 0 Å². The molecule has 156 valence electrons. The van der Waals surface area contributed by atoms with E-state index in [1.54, 1.807) is 18.2 Å². The first-order valence-electron chi connectivity index (χ1n) is 9.70. The molecule has 30 heavy (non-hydrogen) atoms. The minimum Gasteiger partial charge on any atom is -0.467 e. The van der Waals surface area contributed by atoms with E-state index in [9.17, 15) is 14.0 Å². The molecule has 8 heteroatoms. The topological polar surface area (TPSA) is 75.7 Å². The molecule has 0 radical (unpaired) electrons. The van der Waals surface area contributed by atoms with Crippen LogP contribution in [0.25, 0.3) is 0 Å². The number of halogens is 2. The zero-order chi connectivity index (χ0) is 21.1. The van der Waals surface area contributed by atoms with Crippen molar-refractivity contribution >= 4 is 29.1 Å². The molecule has 2 amide bonds. The molecular formula is C22H20ClFN2O4. The summed E-state index contributed by atoms with van der Waals surface area (Å²) in [6.07, 6.45) is 6.64. The minimum absolute atomic E-state index is 0.0284. The molecular weight excluding hydrogens is 411 g/mol. The van der Waals surface area contributed by atoms with E-state index in [2.05, 4.69) is 5.32 Å². The van der Waals surface area contributed by atoms with Gasteiger partial charge in [-0.1, -0.05) is 24.4 Å². The van der Waals surface area contributed by atoms with Gasteiger partial charge in [0.25, 0.3) is 11.8 Å². The number of hydrogen-bond donors (Lipinski definition) is 1. The monoisotopic (exact) mass is 430 g/mol. The Morgan fingerprint density at radius 2 is 1.83 bits per heavy atom. The number of nitrogens with zero attached hydrogens (tertiary/aromatic N) is 1. The lowest BCUT2D eigenvalue weighted by Gasteiger charge is -2.30. The number of benzene rings is 1. The van der Waals surface area contributed by atoms with E-state index >= 15 is 0 Å². The maximum atomic E-state index is 13.8. The molecule has 2 heterocycles. The van der Waals surface area contributed by atoms with Gasteiger partial charge in [0.15, 0.2) is 11.8 Å². The maximum absolute atomic E-state index is 13.8. The normalized spacial score (nSPS) is 15.1. The van der Waals surface area contributed by atoms with E-state index in [4.69, 9.17) is 20.4 Å². The van der Waals surface area contributed by atoms with Gasteiger partial charge < -0.3 is 14.2 Å². The molecule has 3 aromatic rings. The fourth-order valence-corrected chi connectivity index (χ4v) is 3.88. The number of furan rings is 2. The second-order valence-electron chi connectivity index (χ2n) is 7.16. The molecule has 0 bridgehead atoms. The Bertz CT molecular complexity index is 1010. The summed E-state index contributed by atoms with van der Waals surface area (Å²) >= 11 is 5.97. The third-order valence-electron chi connectivity index (χ3n) is 5.15. The Balaban J connectivity index is 1.78. The molecule has 0 spiro atoms. The summed E-state index contributed by atoms with van der Waals surface area (Å²) in [5.41, 5.74) is 0.241.